The summed E-state index contributed by atoms with van der Waals surface area (Å²) in [5.74, 6) is -0.112. The summed E-state index contributed by atoms with van der Waals surface area (Å²) < 4.78 is 2.64. The van der Waals surface area contributed by atoms with Gasteiger partial charge in [-0.2, -0.15) is 0 Å². The first-order chi connectivity index (χ1) is 15.0. The van der Waals surface area contributed by atoms with E-state index in [0.29, 0.717) is 27.8 Å². The van der Waals surface area contributed by atoms with Crippen LogP contribution in [-0.4, -0.2) is 29.3 Å². The number of anilines is 1. The molecule has 0 saturated heterocycles. The molecule has 8 heteroatoms. The number of aromatic nitrogens is 4. The van der Waals surface area contributed by atoms with Gasteiger partial charge < -0.3 is 15.9 Å². The Hall–Kier alpha value is -4.59. The minimum atomic E-state index is -0.277. The highest BCUT2D eigenvalue weighted by molar-refractivity contribution is 5.85. The van der Waals surface area contributed by atoms with E-state index in [1.54, 1.807) is 36.5 Å². The molecule has 0 aliphatic heterocycles. The van der Waals surface area contributed by atoms with E-state index in [2.05, 4.69) is 9.97 Å². The van der Waals surface area contributed by atoms with E-state index in [1.165, 1.54) is 27.5 Å². The molecule has 3 aromatic heterocycles. The second-order valence-corrected chi connectivity index (χ2v) is 6.99. The van der Waals surface area contributed by atoms with Crippen LogP contribution in [-0.2, 0) is 0 Å². The zero-order chi connectivity index (χ0) is 21.5. The van der Waals surface area contributed by atoms with Crippen molar-refractivity contribution in [1.82, 2.24) is 19.1 Å². The third-order valence-electron chi connectivity index (χ3n) is 5.06. The molecule has 31 heavy (non-hydrogen) atoms. The molecule has 0 saturated carbocycles. The SMILES string of the molecule is Nc1nc2ccc(-c3cncc(-n4c(O)ccc4O)c3)cc2c(=O)n1-c1ccccc1. The fourth-order valence-electron chi connectivity index (χ4n) is 3.60. The molecule has 3 heterocycles. The fraction of sp³-hybridized carbons (Fsp3) is 0. The molecular formula is C23H17N5O3. The van der Waals surface area contributed by atoms with Gasteiger partial charge in [0.2, 0.25) is 5.95 Å². The van der Waals surface area contributed by atoms with Gasteiger partial charge in [0.25, 0.3) is 5.56 Å². The Morgan fingerprint density at radius 1 is 0.774 bits per heavy atom. The van der Waals surface area contributed by atoms with Crippen LogP contribution in [0.5, 0.6) is 11.8 Å². The molecule has 8 nitrogen and oxygen atoms in total. The quantitative estimate of drug-likeness (QED) is 0.419. The molecule has 0 aliphatic carbocycles. The summed E-state index contributed by atoms with van der Waals surface area (Å²) >= 11 is 0. The largest absolute Gasteiger partial charge is 0.494 e. The molecule has 5 rings (SSSR count). The molecular weight excluding hydrogens is 394 g/mol. The number of para-hydroxylation sites is 1. The van der Waals surface area contributed by atoms with Crippen LogP contribution >= 0.6 is 0 Å². The topological polar surface area (TPSA) is 119 Å². The molecule has 2 aromatic carbocycles. The molecule has 4 N–H and O–H groups in total. The maximum absolute atomic E-state index is 13.2. The minimum absolute atomic E-state index is 0.110. The summed E-state index contributed by atoms with van der Waals surface area (Å²) in [6.07, 6.45) is 3.16. The molecule has 0 radical (unpaired) electrons. The van der Waals surface area contributed by atoms with Crippen LogP contribution in [0.4, 0.5) is 5.95 Å². The van der Waals surface area contributed by atoms with Gasteiger partial charge in [0.05, 0.1) is 28.5 Å². The number of benzene rings is 2. The Bertz CT molecular complexity index is 1470. The Kier molecular flexibility index (Phi) is 4.18. The van der Waals surface area contributed by atoms with E-state index in [4.69, 9.17) is 5.73 Å². The second kappa shape index (κ2) is 7.03. The molecule has 0 unspecified atom stereocenters. The summed E-state index contributed by atoms with van der Waals surface area (Å²) in [6.45, 7) is 0. The standard InChI is InChI=1S/C23H17N5O3/c24-23-26-19-7-6-14(11-18(19)22(31)28(23)16-4-2-1-3-5-16)15-10-17(13-25-12-15)27-20(29)8-9-21(27)30/h1-13,29-30H,(H2,24,26). The third kappa shape index (κ3) is 3.06. The van der Waals surface area contributed by atoms with E-state index in [0.717, 1.165) is 5.56 Å². The fourth-order valence-corrected chi connectivity index (χ4v) is 3.60. The average Bonchev–Trinajstić information content (AvgIpc) is 3.12. The predicted octanol–water partition coefficient (Wildman–Crippen LogP) is 3.23. The van der Waals surface area contributed by atoms with E-state index >= 15 is 0 Å². The van der Waals surface area contributed by atoms with Crippen LogP contribution in [0.1, 0.15) is 0 Å². The van der Waals surface area contributed by atoms with E-state index in [-0.39, 0.29) is 23.3 Å². The molecule has 0 spiro atoms. The van der Waals surface area contributed by atoms with Crippen molar-refractivity contribution in [3.05, 3.63) is 89.5 Å². The lowest BCUT2D eigenvalue weighted by Gasteiger charge is -2.12. The summed E-state index contributed by atoms with van der Waals surface area (Å²) in [6, 6.07) is 18.9. The van der Waals surface area contributed by atoms with Gasteiger partial charge in [-0.15, -0.1) is 0 Å². The van der Waals surface area contributed by atoms with Gasteiger partial charge in [-0.05, 0) is 35.9 Å². The highest BCUT2D eigenvalue weighted by Crippen LogP contribution is 2.29. The third-order valence-corrected chi connectivity index (χ3v) is 5.06. The molecule has 5 aromatic rings. The Labute approximate surface area is 176 Å². The number of pyridine rings is 1. The Balaban J connectivity index is 1.67. The smallest absolute Gasteiger partial charge is 0.267 e. The lowest BCUT2D eigenvalue weighted by Crippen LogP contribution is -2.23. The Morgan fingerprint density at radius 2 is 1.52 bits per heavy atom. The van der Waals surface area contributed by atoms with Gasteiger partial charge >= 0.3 is 0 Å². The van der Waals surface area contributed by atoms with Crippen LogP contribution in [0.15, 0.2) is 83.9 Å². The normalized spacial score (nSPS) is 11.1. The lowest BCUT2D eigenvalue weighted by atomic mass is 10.0. The van der Waals surface area contributed by atoms with Crippen LogP contribution in [0.2, 0.25) is 0 Å². The second-order valence-electron chi connectivity index (χ2n) is 6.99. The van der Waals surface area contributed by atoms with E-state index < -0.39 is 0 Å². The van der Waals surface area contributed by atoms with Gasteiger partial charge in [0.15, 0.2) is 11.8 Å². The highest BCUT2D eigenvalue weighted by atomic mass is 16.3. The number of hydrogen-bond acceptors (Lipinski definition) is 6. The number of nitrogen functional groups attached to an aromatic ring is 1. The van der Waals surface area contributed by atoms with Crippen molar-refractivity contribution in [3.8, 4) is 34.3 Å². The number of nitrogens with two attached hydrogens (primary N) is 1. The minimum Gasteiger partial charge on any atom is -0.494 e. The number of aromatic hydroxyl groups is 2. The van der Waals surface area contributed by atoms with Crippen molar-refractivity contribution < 1.29 is 10.2 Å². The van der Waals surface area contributed by atoms with Crippen LogP contribution in [0.25, 0.3) is 33.4 Å². The van der Waals surface area contributed by atoms with Gasteiger partial charge in [0.1, 0.15) is 0 Å². The van der Waals surface area contributed by atoms with Crippen molar-refractivity contribution in [2.24, 2.45) is 0 Å². The zero-order valence-corrected chi connectivity index (χ0v) is 16.2. The van der Waals surface area contributed by atoms with Crippen LogP contribution in [0.3, 0.4) is 0 Å². The summed E-state index contributed by atoms with van der Waals surface area (Å²) in [5, 5.41) is 20.4. The van der Waals surface area contributed by atoms with Crippen LogP contribution < -0.4 is 11.3 Å². The molecule has 0 amide bonds. The molecule has 0 aliphatic rings. The van der Waals surface area contributed by atoms with Crippen molar-refractivity contribution in [2.75, 3.05) is 5.73 Å². The van der Waals surface area contributed by atoms with Gasteiger partial charge in [-0.25, -0.2) is 14.1 Å². The molecule has 0 bridgehead atoms. The van der Waals surface area contributed by atoms with Crippen LogP contribution in [0, 0.1) is 0 Å². The van der Waals surface area contributed by atoms with Gasteiger partial charge in [0, 0.05) is 23.9 Å². The van der Waals surface area contributed by atoms with Crippen molar-refractivity contribution in [2.45, 2.75) is 0 Å². The van der Waals surface area contributed by atoms with E-state index in [1.807, 2.05) is 24.3 Å². The number of rotatable bonds is 3. The maximum Gasteiger partial charge on any atom is 0.267 e. The average molecular weight is 411 g/mol. The first-order valence-electron chi connectivity index (χ1n) is 9.46. The number of fused-ring (bicyclic) bond motifs is 1. The first-order valence-corrected chi connectivity index (χ1v) is 9.46. The van der Waals surface area contributed by atoms with E-state index in [9.17, 15) is 15.0 Å². The maximum atomic E-state index is 13.2. The monoisotopic (exact) mass is 411 g/mol. The summed E-state index contributed by atoms with van der Waals surface area (Å²) in [5.41, 5.74) is 8.82. The van der Waals surface area contributed by atoms with Crippen molar-refractivity contribution >= 4 is 16.9 Å². The molecule has 152 valence electrons. The van der Waals surface area contributed by atoms with Gasteiger partial charge in [-0.1, -0.05) is 24.3 Å². The predicted molar refractivity (Wildman–Crippen MR) is 118 cm³/mol. The van der Waals surface area contributed by atoms with Gasteiger partial charge in [-0.3, -0.25) is 9.78 Å². The highest BCUT2D eigenvalue weighted by Gasteiger charge is 2.13. The molecule has 0 fully saturated rings. The molecule has 0 atom stereocenters. The Morgan fingerprint density at radius 3 is 2.26 bits per heavy atom. The number of hydrogen-bond donors (Lipinski definition) is 3. The van der Waals surface area contributed by atoms with Crippen molar-refractivity contribution in [1.29, 1.82) is 0 Å². The lowest BCUT2D eigenvalue weighted by molar-refractivity contribution is 0.402. The summed E-state index contributed by atoms with van der Waals surface area (Å²) in [7, 11) is 0. The zero-order valence-electron chi connectivity index (χ0n) is 16.2. The first kappa shape index (κ1) is 18.4. The summed E-state index contributed by atoms with van der Waals surface area (Å²) in [4.78, 5) is 21.8. The number of nitrogens with zero attached hydrogens (tertiary/aromatic N) is 4. The van der Waals surface area contributed by atoms with Crippen molar-refractivity contribution in [3.63, 3.8) is 0 Å².